The van der Waals surface area contributed by atoms with Gasteiger partial charge in [-0.1, -0.05) is 54.6 Å². The van der Waals surface area contributed by atoms with Crippen molar-refractivity contribution < 1.29 is 35.9 Å². The third-order valence-electron chi connectivity index (χ3n) is 5.00. The molecule has 33 heavy (non-hydrogen) atoms. The second-order valence-electron chi connectivity index (χ2n) is 7.27. The molecule has 0 saturated carbocycles. The summed E-state index contributed by atoms with van der Waals surface area (Å²) in [4.78, 5) is 27.1. The SMILES string of the molecule is Cc1cccc(C)c1C(=O)P(C(=O)c1c(C(F)(F)F)cccc1C(F)(F)F)c1ccccc1. The number of benzene rings is 3. The van der Waals surface area contributed by atoms with Crippen molar-refractivity contribution in [2.24, 2.45) is 0 Å². The van der Waals surface area contributed by atoms with Crippen LogP contribution in [0.5, 0.6) is 0 Å². The molecule has 0 aliphatic carbocycles. The summed E-state index contributed by atoms with van der Waals surface area (Å²) >= 11 is 0. The molecule has 0 aliphatic rings. The smallest absolute Gasteiger partial charge is 0.288 e. The summed E-state index contributed by atoms with van der Waals surface area (Å²) in [5, 5.41) is 0.0651. The average Bonchev–Trinajstić information content (AvgIpc) is 2.72. The predicted octanol–water partition coefficient (Wildman–Crippen LogP) is 7.13. The number of hydrogen-bond donors (Lipinski definition) is 0. The van der Waals surface area contributed by atoms with Crippen molar-refractivity contribution in [2.75, 3.05) is 0 Å². The van der Waals surface area contributed by atoms with Crippen LogP contribution in [0.25, 0.3) is 0 Å². The molecule has 0 spiro atoms. The number of carbonyl (C=O) groups is 2. The lowest BCUT2D eigenvalue weighted by Gasteiger charge is -2.23. The number of hydrogen-bond acceptors (Lipinski definition) is 2. The Morgan fingerprint density at radius 2 is 1.03 bits per heavy atom. The summed E-state index contributed by atoms with van der Waals surface area (Å²) in [5.74, 6) is 0. The van der Waals surface area contributed by atoms with Crippen molar-refractivity contribution in [1.82, 2.24) is 0 Å². The second kappa shape index (κ2) is 9.10. The van der Waals surface area contributed by atoms with Gasteiger partial charge in [0.2, 0.25) is 0 Å². The zero-order valence-corrected chi connectivity index (χ0v) is 18.3. The first-order chi connectivity index (χ1) is 15.3. The molecule has 0 aliphatic heterocycles. The van der Waals surface area contributed by atoms with Gasteiger partial charge in [-0.3, -0.25) is 9.59 Å². The van der Waals surface area contributed by atoms with E-state index in [0.29, 0.717) is 29.3 Å². The van der Waals surface area contributed by atoms with Crippen LogP contribution in [0.1, 0.15) is 43.0 Å². The monoisotopic (exact) mass is 482 g/mol. The molecule has 172 valence electrons. The highest BCUT2D eigenvalue weighted by Gasteiger charge is 2.45. The highest BCUT2D eigenvalue weighted by atomic mass is 31.1. The van der Waals surface area contributed by atoms with E-state index in [1.165, 1.54) is 24.3 Å². The Labute approximate surface area is 187 Å². The van der Waals surface area contributed by atoms with Crippen LogP contribution in [0.4, 0.5) is 26.3 Å². The zero-order valence-electron chi connectivity index (χ0n) is 17.4. The first kappa shape index (κ1) is 24.6. The molecule has 3 aromatic carbocycles. The summed E-state index contributed by atoms with van der Waals surface area (Å²) in [7, 11) is -2.77. The Hall–Kier alpha value is -2.99. The van der Waals surface area contributed by atoms with E-state index in [4.69, 9.17) is 0 Å². The maximum Gasteiger partial charge on any atom is 0.417 e. The molecule has 0 saturated heterocycles. The van der Waals surface area contributed by atoms with E-state index in [-0.39, 0.29) is 10.9 Å². The van der Waals surface area contributed by atoms with Gasteiger partial charge in [0, 0.05) is 11.1 Å². The molecule has 9 heteroatoms. The Morgan fingerprint density at radius 3 is 1.48 bits per heavy atom. The van der Waals surface area contributed by atoms with Gasteiger partial charge in [-0.05, 0) is 42.4 Å². The van der Waals surface area contributed by atoms with Gasteiger partial charge in [0.05, 0.1) is 19.0 Å². The second-order valence-corrected chi connectivity index (χ2v) is 9.27. The standard InChI is InChI=1S/C24H17F6O2P/c1-14-8-6-9-15(2)19(14)21(31)33(16-10-4-3-5-11-16)22(32)20-17(23(25,26)27)12-7-13-18(20)24(28,29)30/h3-13H,1-2H3. The number of halogens is 6. The molecule has 0 aromatic heterocycles. The molecular weight excluding hydrogens is 465 g/mol. The molecule has 2 nitrogen and oxygen atoms in total. The fourth-order valence-corrected chi connectivity index (χ4v) is 5.70. The third-order valence-corrected chi connectivity index (χ3v) is 7.08. The molecule has 0 N–H and O–H groups in total. The summed E-state index contributed by atoms with van der Waals surface area (Å²) in [6.07, 6.45) is -10.5. The Kier molecular flexibility index (Phi) is 6.80. The van der Waals surface area contributed by atoms with E-state index in [1.54, 1.807) is 38.1 Å². The average molecular weight is 482 g/mol. The van der Waals surface area contributed by atoms with Crippen LogP contribution in [0.2, 0.25) is 0 Å². The first-order valence-electron chi connectivity index (χ1n) is 9.61. The number of alkyl halides is 6. The number of aryl methyl sites for hydroxylation is 2. The van der Waals surface area contributed by atoms with Crippen LogP contribution in [-0.4, -0.2) is 11.0 Å². The van der Waals surface area contributed by atoms with E-state index in [0.717, 1.165) is 0 Å². The highest BCUT2D eigenvalue weighted by Crippen LogP contribution is 2.49. The van der Waals surface area contributed by atoms with Gasteiger partial charge in [-0.25, -0.2) is 0 Å². The van der Waals surface area contributed by atoms with E-state index in [1.807, 2.05) is 0 Å². The highest BCUT2D eigenvalue weighted by molar-refractivity contribution is 7.96. The number of rotatable bonds is 5. The molecule has 1 unspecified atom stereocenters. The minimum atomic E-state index is -5.23. The van der Waals surface area contributed by atoms with Gasteiger partial charge in [-0.2, -0.15) is 26.3 Å². The normalized spacial score (nSPS) is 13.0. The molecule has 0 fully saturated rings. The minimum Gasteiger partial charge on any atom is -0.288 e. The molecule has 0 bridgehead atoms. The Morgan fingerprint density at radius 1 is 0.606 bits per heavy atom. The van der Waals surface area contributed by atoms with Crippen molar-refractivity contribution in [2.45, 2.75) is 26.2 Å². The van der Waals surface area contributed by atoms with Gasteiger partial charge in [0.15, 0.2) is 11.0 Å². The summed E-state index contributed by atoms with van der Waals surface area (Å²) < 4.78 is 82.2. The lowest BCUT2D eigenvalue weighted by atomic mass is 10.0. The maximum absolute atomic E-state index is 13.7. The van der Waals surface area contributed by atoms with E-state index >= 15 is 0 Å². The van der Waals surface area contributed by atoms with E-state index < -0.39 is 48.0 Å². The fraction of sp³-hybridized carbons (Fsp3) is 0.167. The summed E-state index contributed by atoms with van der Waals surface area (Å²) in [6, 6.07) is 13.5. The van der Waals surface area contributed by atoms with Crippen LogP contribution in [0.3, 0.4) is 0 Å². The van der Waals surface area contributed by atoms with Gasteiger partial charge in [0.1, 0.15) is 0 Å². The molecule has 1 atom stereocenters. The van der Waals surface area contributed by atoms with Gasteiger partial charge in [-0.15, -0.1) is 0 Å². The fourth-order valence-electron chi connectivity index (χ4n) is 3.53. The molecule has 0 heterocycles. The molecule has 0 amide bonds. The first-order valence-corrected chi connectivity index (χ1v) is 11.0. The minimum absolute atomic E-state index is 0.0651. The van der Waals surface area contributed by atoms with Crippen LogP contribution < -0.4 is 5.30 Å². The van der Waals surface area contributed by atoms with Crippen molar-refractivity contribution in [1.29, 1.82) is 0 Å². The van der Waals surface area contributed by atoms with Gasteiger partial charge >= 0.3 is 12.4 Å². The van der Waals surface area contributed by atoms with Gasteiger partial charge in [0.25, 0.3) is 0 Å². The predicted molar refractivity (Wildman–Crippen MR) is 114 cm³/mol. The van der Waals surface area contributed by atoms with E-state index in [2.05, 4.69) is 0 Å². The van der Waals surface area contributed by atoms with Crippen molar-refractivity contribution in [3.63, 3.8) is 0 Å². The molecule has 3 rings (SSSR count). The van der Waals surface area contributed by atoms with Crippen molar-refractivity contribution >= 4 is 24.3 Å². The largest absolute Gasteiger partial charge is 0.417 e. The van der Waals surface area contributed by atoms with E-state index in [9.17, 15) is 35.9 Å². The number of carbonyl (C=O) groups excluding carboxylic acids is 2. The zero-order chi connectivity index (χ0) is 24.6. The maximum atomic E-state index is 13.7. The van der Waals surface area contributed by atoms with Crippen LogP contribution in [0, 0.1) is 13.8 Å². The lowest BCUT2D eigenvalue weighted by Crippen LogP contribution is -2.24. The lowest BCUT2D eigenvalue weighted by molar-refractivity contribution is -0.143. The van der Waals surface area contributed by atoms with Gasteiger partial charge < -0.3 is 0 Å². The quantitative estimate of drug-likeness (QED) is 0.287. The molecule has 0 radical (unpaired) electrons. The summed E-state index contributed by atoms with van der Waals surface area (Å²) in [5.41, 5.74) is -6.23. The summed E-state index contributed by atoms with van der Waals surface area (Å²) in [6.45, 7) is 3.18. The third kappa shape index (κ3) is 5.01. The Bertz CT molecular complexity index is 1150. The van der Waals surface area contributed by atoms with Crippen molar-refractivity contribution in [3.05, 3.63) is 100 Å². The molecule has 3 aromatic rings. The topological polar surface area (TPSA) is 34.1 Å². The van der Waals surface area contributed by atoms with Crippen LogP contribution in [-0.2, 0) is 12.4 Å². The Balaban J connectivity index is 2.32. The van der Waals surface area contributed by atoms with Crippen LogP contribution >= 0.6 is 7.92 Å². The van der Waals surface area contributed by atoms with Crippen LogP contribution in [0.15, 0.2) is 66.7 Å². The molecular formula is C24H17F6O2P. The van der Waals surface area contributed by atoms with Crippen molar-refractivity contribution in [3.8, 4) is 0 Å².